The maximum absolute atomic E-state index is 5.68. The van der Waals surface area contributed by atoms with E-state index in [1.807, 2.05) is 0 Å². The van der Waals surface area contributed by atoms with Gasteiger partial charge in [0.05, 0.1) is 0 Å². The summed E-state index contributed by atoms with van der Waals surface area (Å²) >= 11 is 0. The molecule has 2 heteroatoms. The monoisotopic (exact) mass is 212 g/mol. The van der Waals surface area contributed by atoms with Crippen molar-refractivity contribution >= 4 is 0 Å². The molecular formula is C13H28N2. The van der Waals surface area contributed by atoms with E-state index < -0.39 is 0 Å². The van der Waals surface area contributed by atoms with Gasteiger partial charge in [-0.05, 0) is 44.7 Å². The second kappa shape index (κ2) is 7.24. The Morgan fingerprint density at radius 3 is 2.87 bits per heavy atom. The van der Waals surface area contributed by atoms with Gasteiger partial charge in [-0.3, -0.25) is 0 Å². The SMILES string of the molecule is CCCC(C)CN1CCCCC1CCN. The molecule has 1 heterocycles. The molecule has 1 aliphatic rings. The normalized spacial score (nSPS) is 25.4. The summed E-state index contributed by atoms with van der Waals surface area (Å²) < 4.78 is 0. The first-order valence-electron chi connectivity index (χ1n) is 6.72. The van der Waals surface area contributed by atoms with Crippen molar-refractivity contribution in [1.29, 1.82) is 0 Å². The molecule has 90 valence electrons. The van der Waals surface area contributed by atoms with E-state index in [2.05, 4.69) is 18.7 Å². The molecule has 0 amide bonds. The van der Waals surface area contributed by atoms with Gasteiger partial charge < -0.3 is 10.6 Å². The lowest BCUT2D eigenvalue weighted by molar-refractivity contribution is 0.121. The standard InChI is InChI=1S/C13H28N2/c1-3-6-12(2)11-15-10-5-4-7-13(15)8-9-14/h12-13H,3-11,14H2,1-2H3. The van der Waals surface area contributed by atoms with Crippen molar-refractivity contribution in [1.82, 2.24) is 4.90 Å². The molecule has 1 saturated heterocycles. The number of nitrogens with zero attached hydrogens (tertiary/aromatic N) is 1. The largest absolute Gasteiger partial charge is 0.330 e. The molecule has 0 aromatic rings. The Kier molecular flexibility index (Phi) is 6.26. The predicted molar refractivity (Wildman–Crippen MR) is 67.0 cm³/mol. The summed E-state index contributed by atoms with van der Waals surface area (Å²) in [4.78, 5) is 2.69. The number of nitrogens with two attached hydrogens (primary N) is 1. The highest BCUT2D eigenvalue weighted by atomic mass is 15.2. The number of likely N-dealkylation sites (tertiary alicyclic amines) is 1. The first kappa shape index (κ1) is 13.0. The van der Waals surface area contributed by atoms with Gasteiger partial charge in [0.15, 0.2) is 0 Å². The zero-order valence-corrected chi connectivity index (χ0v) is 10.5. The molecule has 15 heavy (non-hydrogen) atoms. The van der Waals surface area contributed by atoms with Gasteiger partial charge in [0.1, 0.15) is 0 Å². The van der Waals surface area contributed by atoms with E-state index >= 15 is 0 Å². The highest BCUT2D eigenvalue weighted by Gasteiger charge is 2.22. The molecule has 0 radical (unpaired) electrons. The molecular weight excluding hydrogens is 184 g/mol. The van der Waals surface area contributed by atoms with Crippen LogP contribution in [0.15, 0.2) is 0 Å². The maximum atomic E-state index is 5.68. The Morgan fingerprint density at radius 2 is 2.20 bits per heavy atom. The van der Waals surface area contributed by atoms with Crippen LogP contribution in [0, 0.1) is 5.92 Å². The summed E-state index contributed by atoms with van der Waals surface area (Å²) in [5, 5.41) is 0. The van der Waals surface area contributed by atoms with Gasteiger partial charge in [-0.15, -0.1) is 0 Å². The fourth-order valence-corrected chi connectivity index (χ4v) is 2.80. The van der Waals surface area contributed by atoms with Gasteiger partial charge in [-0.25, -0.2) is 0 Å². The Balaban J connectivity index is 2.34. The highest BCUT2D eigenvalue weighted by molar-refractivity contribution is 4.78. The van der Waals surface area contributed by atoms with Crippen molar-refractivity contribution in [3.05, 3.63) is 0 Å². The Morgan fingerprint density at radius 1 is 1.40 bits per heavy atom. The van der Waals surface area contributed by atoms with Gasteiger partial charge in [-0.2, -0.15) is 0 Å². The minimum absolute atomic E-state index is 0.781. The van der Waals surface area contributed by atoms with E-state index in [1.54, 1.807) is 0 Å². The van der Waals surface area contributed by atoms with Gasteiger partial charge >= 0.3 is 0 Å². The minimum atomic E-state index is 0.781. The highest BCUT2D eigenvalue weighted by Crippen LogP contribution is 2.21. The molecule has 2 atom stereocenters. The average Bonchev–Trinajstić information content (AvgIpc) is 2.21. The fourth-order valence-electron chi connectivity index (χ4n) is 2.80. The molecule has 0 aliphatic carbocycles. The molecule has 0 bridgehead atoms. The molecule has 0 aromatic heterocycles. The van der Waals surface area contributed by atoms with E-state index in [4.69, 9.17) is 5.73 Å². The lowest BCUT2D eigenvalue weighted by atomic mass is 9.96. The zero-order chi connectivity index (χ0) is 11.1. The summed E-state index contributed by atoms with van der Waals surface area (Å²) in [5.74, 6) is 0.855. The average molecular weight is 212 g/mol. The van der Waals surface area contributed by atoms with Crippen LogP contribution in [0.25, 0.3) is 0 Å². The van der Waals surface area contributed by atoms with Crippen LogP contribution in [0.3, 0.4) is 0 Å². The van der Waals surface area contributed by atoms with Crippen LogP contribution in [0.4, 0.5) is 0 Å². The first-order chi connectivity index (χ1) is 7.27. The number of piperidine rings is 1. The lowest BCUT2D eigenvalue weighted by Gasteiger charge is -2.37. The second-order valence-corrected chi connectivity index (χ2v) is 5.12. The van der Waals surface area contributed by atoms with Crippen molar-refractivity contribution in [2.75, 3.05) is 19.6 Å². The molecule has 2 N–H and O–H groups in total. The van der Waals surface area contributed by atoms with Crippen molar-refractivity contribution < 1.29 is 0 Å². The quantitative estimate of drug-likeness (QED) is 0.733. The third-order valence-electron chi connectivity index (χ3n) is 3.58. The van der Waals surface area contributed by atoms with E-state index in [9.17, 15) is 0 Å². The Labute approximate surface area is 95.2 Å². The zero-order valence-electron chi connectivity index (χ0n) is 10.5. The van der Waals surface area contributed by atoms with Gasteiger partial charge in [0.2, 0.25) is 0 Å². The molecule has 1 rings (SSSR count). The van der Waals surface area contributed by atoms with Crippen molar-refractivity contribution in [2.24, 2.45) is 11.7 Å². The number of rotatable bonds is 6. The van der Waals surface area contributed by atoms with Crippen molar-refractivity contribution in [2.45, 2.75) is 58.4 Å². The fraction of sp³-hybridized carbons (Fsp3) is 1.00. The molecule has 2 nitrogen and oxygen atoms in total. The second-order valence-electron chi connectivity index (χ2n) is 5.12. The van der Waals surface area contributed by atoms with E-state index in [0.29, 0.717) is 0 Å². The number of hydrogen-bond acceptors (Lipinski definition) is 2. The maximum Gasteiger partial charge on any atom is 0.0107 e. The van der Waals surface area contributed by atoms with Crippen LogP contribution >= 0.6 is 0 Å². The summed E-state index contributed by atoms with van der Waals surface area (Å²) in [6, 6.07) is 0.781. The molecule has 1 aliphatic heterocycles. The van der Waals surface area contributed by atoms with Crippen LogP contribution in [0.2, 0.25) is 0 Å². The summed E-state index contributed by atoms with van der Waals surface area (Å²) in [7, 11) is 0. The van der Waals surface area contributed by atoms with Crippen LogP contribution in [0.5, 0.6) is 0 Å². The van der Waals surface area contributed by atoms with E-state index in [1.165, 1.54) is 51.6 Å². The van der Waals surface area contributed by atoms with Crippen LogP contribution < -0.4 is 5.73 Å². The van der Waals surface area contributed by atoms with Gasteiger partial charge in [0.25, 0.3) is 0 Å². The molecule has 2 unspecified atom stereocenters. The van der Waals surface area contributed by atoms with Crippen LogP contribution in [-0.2, 0) is 0 Å². The molecule has 0 aromatic carbocycles. The predicted octanol–water partition coefficient (Wildman–Crippen LogP) is 2.63. The van der Waals surface area contributed by atoms with Crippen molar-refractivity contribution in [3.8, 4) is 0 Å². The van der Waals surface area contributed by atoms with Gasteiger partial charge in [0, 0.05) is 12.6 Å². The first-order valence-corrected chi connectivity index (χ1v) is 6.72. The summed E-state index contributed by atoms with van der Waals surface area (Å²) in [6.07, 6.45) is 8.04. The molecule has 1 fully saturated rings. The van der Waals surface area contributed by atoms with Crippen LogP contribution in [0.1, 0.15) is 52.4 Å². The Bertz CT molecular complexity index is 157. The van der Waals surface area contributed by atoms with Crippen LogP contribution in [-0.4, -0.2) is 30.6 Å². The molecule has 0 spiro atoms. The lowest BCUT2D eigenvalue weighted by Crippen LogP contribution is -2.42. The summed E-state index contributed by atoms with van der Waals surface area (Å²) in [6.45, 7) is 8.11. The van der Waals surface area contributed by atoms with Gasteiger partial charge in [-0.1, -0.05) is 26.7 Å². The number of hydrogen-bond donors (Lipinski definition) is 1. The smallest absolute Gasteiger partial charge is 0.0107 e. The van der Waals surface area contributed by atoms with E-state index in [0.717, 1.165) is 18.5 Å². The summed E-state index contributed by atoms with van der Waals surface area (Å²) in [5.41, 5.74) is 5.68. The topological polar surface area (TPSA) is 29.3 Å². The Hall–Kier alpha value is -0.0800. The van der Waals surface area contributed by atoms with E-state index in [-0.39, 0.29) is 0 Å². The third-order valence-corrected chi connectivity index (χ3v) is 3.58. The van der Waals surface area contributed by atoms with Crippen molar-refractivity contribution in [3.63, 3.8) is 0 Å². The minimum Gasteiger partial charge on any atom is -0.330 e. The molecule has 0 saturated carbocycles. The third kappa shape index (κ3) is 4.52.